The molecule has 0 unspecified atom stereocenters. The van der Waals surface area contributed by atoms with E-state index in [9.17, 15) is 4.79 Å². The van der Waals surface area contributed by atoms with Crippen molar-refractivity contribution in [2.75, 3.05) is 13.1 Å². The number of carbonyl (C=O) groups excluding carboxylic acids is 1. The number of nitrogens with two attached hydrogens (primary N) is 1. The van der Waals surface area contributed by atoms with Gasteiger partial charge in [0, 0.05) is 31.3 Å². The molecule has 0 radical (unpaired) electrons. The van der Waals surface area contributed by atoms with Crippen molar-refractivity contribution in [3.05, 3.63) is 30.1 Å². The number of likely N-dealkylation sites (tertiary alicyclic amines) is 1. The summed E-state index contributed by atoms with van der Waals surface area (Å²) in [5, 5.41) is 0. The summed E-state index contributed by atoms with van der Waals surface area (Å²) >= 11 is 0. The van der Waals surface area contributed by atoms with Crippen molar-refractivity contribution in [1.29, 1.82) is 0 Å². The second-order valence-corrected chi connectivity index (χ2v) is 4.11. The first-order chi connectivity index (χ1) is 7.77. The molecule has 86 valence electrons. The van der Waals surface area contributed by atoms with Crippen molar-refractivity contribution in [3.8, 4) is 0 Å². The predicted octanol–water partition coefficient (Wildman–Crippen LogP) is 0.950. The smallest absolute Gasteiger partial charge is 0.223 e. The fraction of sp³-hybridized carbons (Fsp3) is 0.500. The van der Waals surface area contributed by atoms with Crippen LogP contribution in [0.2, 0.25) is 0 Å². The summed E-state index contributed by atoms with van der Waals surface area (Å²) in [5.74, 6) is 0.420. The molecule has 2 heterocycles. The molecule has 2 atom stereocenters. The van der Waals surface area contributed by atoms with Gasteiger partial charge in [0.2, 0.25) is 5.91 Å². The summed E-state index contributed by atoms with van der Waals surface area (Å²) in [5.41, 5.74) is 6.83. The van der Waals surface area contributed by atoms with Crippen molar-refractivity contribution in [2.45, 2.75) is 19.4 Å². The van der Waals surface area contributed by atoms with Crippen molar-refractivity contribution < 1.29 is 4.79 Å². The number of amides is 1. The van der Waals surface area contributed by atoms with E-state index in [4.69, 9.17) is 5.73 Å². The average Bonchev–Trinajstić information content (AvgIpc) is 2.66. The van der Waals surface area contributed by atoms with E-state index in [1.807, 2.05) is 30.2 Å². The molecule has 0 spiro atoms. The van der Waals surface area contributed by atoms with Crippen LogP contribution in [0.15, 0.2) is 24.5 Å². The van der Waals surface area contributed by atoms with Gasteiger partial charge in [0.25, 0.3) is 0 Å². The lowest BCUT2D eigenvalue weighted by Crippen LogP contribution is -2.30. The third-order valence-electron chi connectivity index (χ3n) is 3.21. The third kappa shape index (κ3) is 1.80. The Labute approximate surface area is 95.5 Å². The second-order valence-electron chi connectivity index (χ2n) is 4.11. The zero-order valence-electron chi connectivity index (χ0n) is 9.47. The zero-order valence-corrected chi connectivity index (χ0v) is 9.47. The van der Waals surface area contributed by atoms with Gasteiger partial charge in [-0.15, -0.1) is 0 Å². The minimum atomic E-state index is 0.108. The molecule has 1 aliphatic heterocycles. The topological polar surface area (TPSA) is 59.2 Å². The van der Waals surface area contributed by atoms with Gasteiger partial charge in [-0.1, -0.05) is 6.07 Å². The van der Waals surface area contributed by atoms with Crippen LogP contribution in [0.1, 0.15) is 24.9 Å². The summed E-state index contributed by atoms with van der Waals surface area (Å²) in [7, 11) is 0. The van der Waals surface area contributed by atoms with Gasteiger partial charge in [0.15, 0.2) is 0 Å². The summed E-state index contributed by atoms with van der Waals surface area (Å²) in [6, 6.07) is 4.03. The van der Waals surface area contributed by atoms with Gasteiger partial charge in [-0.25, -0.2) is 0 Å². The standard InChI is InChI=1S/C12H17N3O/c1-2-15-11(16)6-10(7-13)12(15)9-4-3-5-14-8-9/h3-5,8,10,12H,2,6-7,13H2,1H3/t10-,12-/m0/s1. The van der Waals surface area contributed by atoms with Crippen molar-refractivity contribution in [3.63, 3.8) is 0 Å². The maximum absolute atomic E-state index is 11.8. The maximum Gasteiger partial charge on any atom is 0.223 e. The predicted molar refractivity (Wildman–Crippen MR) is 61.5 cm³/mol. The van der Waals surface area contributed by atoms with E-state index in [2.05, 4.69) is 4.98 Å². The first kappa shape index (κ1) is 11.1. The highest BCUT2D eigenvalue weighted by Gasteiger charge is 2.38. The largest absolute Gasteiger partial charge is 0.336 e. The quantitative estimate of drug-likeness (QED) is 0.823. The summed E-state index contributed by atoms with van der Waals surface area (Å²) in [6.07, 6.45) is 4.13. The Bertz CT molecular complexity index is 366. The average molecular weight is 219 g/mol. The number of hydrogen-bond acceptors (Lipinski definition) is 3. The summed E-state index contributed by atoms with van der Waals surface area (Å²) in [6.45, 7) is 3.27. The van der Waals surface area contributed by atoms with Crippen LogP contribution in [0.4, 0.5) is 0 Å². The number of pyridine rings is 1. The first-order valence-electron chi connectivity index (χ1n) is 5.67. The maximum atomic E-state index is 11.8. The van der Waals surface area contributed by atoms with Gasteiger partial charge >= 0.3 is 0 Å². The molecule has 16 heavy (non-hydrogen) atoms. The van der Waals surface area contributed by atoms with Gasteiger partial charge in [0.05, 0.1) is 6.04 Å². The molecule has 0 saturated carbocycles. The van der Waals surface area contributed by atoms with Crippen molar-refractivity contribution in [2.24, 2.45) is 11.7 Å². The van der Waals surface area contributed by atoms with Crippen LogP contribution < -0.4 is 5.73 Å². The SMILES string of the molecule is CCN1C(=O)C[C@@H](CN)[C@@H]1c1cccnc1. The lowest BCUT2D eigenvalue weighted by Gasteiger charge is -2.26. The van der Waals surface area contributed by atoms with Crippen LogP contribution in [0.3, 0.4) is 0 Å². The van der Waals surface area contributed by atoms with Crippen LogP contribution in [0.5, 0.6) is 0 Å². The molecule has 0 aliphatic carbocycles. The second kappa shape index (κ2) is 4.61. The first-order valence-corrected chi connectivity index (χ1v) is 5.67. The molecule has 1 fully saturated rings. The number of hydrogen-bond donors (Lipinski definition) is 1. The minimum Gasteiger partial charge on any atom is -0.336 e. The third-order valence-corrected chi connectivity index (χ3v) is 3.21. The fourth-order valence-corrected chi connectivity index (χ4v) is 2.45. The molecule has 1 aromatic rings. The van der Waals surface area contributed by atoms with Crippen molar-refractivity contribution in [1.82, 2.24) is 9.88 Å². The van der Waals surface area contributed by atoms with Gasteiger partial charge < -0.3 is 10.6 Å². The number of rotatable bonds is 3. The highest BCUT2D eigenvalue weighted by molar-refractivity contribution is 5.79. The molecule has 2 N–H and O–H groups in total. The Morgan fingerprint density at radius 3 is 3.00 bits per heavy atom. The Morgan fingerprint density at radius 1 is 1.62 bits per heavy atom. The van der Waals surface area contributed by atoms with Crippen LogP contribution in [0, 0.1) is 5.92 Å². The summed E-state index contributed by atoms with van der Waals surface area (Å²) < 4.78 is 0. The van der Waals surface area contributed by atoms with Crippen LogP contribution in [0.25, 0.3) is 0 Å². The van der Waals surface area contributed by atoms with E-state index in [-0.39, 0.29) is 17.9 Å². The lowest BCUT2D eigenvalue weighted by molar-refractivity contribution is -0.128. The van der Waals surface area contributed by atoms with Gasteiger partial charge in [-0.3, -0.25) is 9.78 Å². The van der Waals surface area contributed by atoms with Crippen LogP contribution >= 0.6 is 0 Å². The van der Waals surface area contributed by atoms with Crippen LogP contribution in [-0.2, 0) is 4.79 Å². The lowest BCUT2D eigenvalue weighted by atomic mass is 9.95. The molecule has 1 aliphatic rings. The summed E-state index contributed by atoms with van der Waals surface area (Å²) in [4.78, 5) is 17.8. The Hall–Kier alpha value is -1.42. The highest BCUT2D eigenvalue weighted by Crippen LogP contribution is 2.36. The number of aromatic nitrogens is 1. The Kier molecular flexibility index (Phi) is 3.19. The fourth-order valence-electron chi connectivity index (χ4n) is 2.45. The monoisotopic (exact) mass is 219 g/mol. The minimum absolute atomic E-state index is 0.108. The molecule has 1 aromatic heterocycles. The molecular weight excluding hydrogens is 202 g/mol. The molecular formula is C12H17N3O. The Balaban J connectivity index is 2.32. The molecule has 4 heteroatoms. The van der Waals surface area contributed by atoms with Gasteiger partial charge in [-0.05, 0) is 25.1 Å². The number of carbonyl (C=O) groups is 1. The normalized spacial score (nSPS) is 25.1. The van der Waals surface area contributed by atoms with E-state index >= 15 is 0 Å². The van der Waals surface area contributed by atoms with E-state index in [0.717, 1.165) is 12.1 Å². The van der Waals surface area contributed by atoms with E-state index in [0.29, 0.717) is 13.0 Å². The molecule has 4 nitrogen and oxygen atoms in total. The van der Waals surface area contributed by atoms with E-state index < -0.39 is 0 Å². The van der Waals surface area contributed by atoms with Crippen LogP contribution in [-0.4, -0.2) is 28.9 Å². The Morgan fingerprint density at radius 2 is 2.44 bits per heavy atom. The zero-order chi connectivity index (χ0) is 11.5. The number of nitrogens with zero attached hydrogens (tertiary/aromatic N) is 2. The van der Waals surface area contributed by atoms with Gasteiger partial charge in [0.1, 0.15) is 0 Å². The molecule has 1 saturated heterocycles. The molecule has 0 bridgehead atoms. The molecule has 0 aromatic carbocycles. The van der Waals surface area contributed by atoms with E-state index in [1.165, 1.54) is 0 Å². The van der Waals surface area contributed by atoms with Crippen molar-refractivity contribution >= 4 is 5.91 Å². The highest BCUT2D eigenvalue weighted by atomic mass is 16.2. The molecule has 1 amide bonds. The molecule has 2 rings (SSSR count). The van der Waals surface area contributed by atoms with Gasteiger partial charge in [-0.2, -0.15) is 0 Å². The van der Waals surface area contributed by atoms with E-state index in [1.54, 1.807) is 6.20 Å².